The first-order valence-electron chi connectivity index (χ1n) is 4.20. The van der Waals surface area contributed by atoms with Crippen molar-refractivity contribution in [2.24, 2.45) is 5.10 Å². The van der Waals surface area contributed by atoms with E-state index in [-0.39, 0.29) is 18.1 Å². The van der Waals surface area contributed by atoms with E-state index in [1.165, 1.54) is 0 Å². The minimum Gasteiger partial charge on any atom is -0.477 e. The molecule has 0 aromatic carbocycles. The predicted molar refractivity (Wildman–Crippen MR) is 60.5 cm³/mol. The number of pyridine rings is 1. The zero-order valence-corrected chi connectivity index (χ0v) is 8.99. The number of carboxylic acids is 1. The van der Waals surface area contributed by atoms with Gasteiger partial charge in [0.15, 0.2) is 0 Å². The first kappa shape index (κ1) is 13.4. The molecule has 2 N–H and O–H groups in total. The number of nitrogens with zero attached hydrogens (tertiary/aromatic N) is 2. The van der Waals surface area contributed by atoms with Crippen LogP contribution in [0.5, 0.6) is 0 Å². The Bertz CT molecular complexity index is 340. The molecule has 0 saturated heterocycles. The van der Waals surface area contributed by atoms with E-state index in [0.29, 0.717) is 12.1 Å². The van der Waals surface area contributed by atoms with Gasteiger partial charge < -0.3 is 5.11 Å². The van der Waals surface area contributed by atoms with Gasteiger partial charge >= 0.3 is 5.97 Å². The number of rotatable bonds is 4. The molecule has 1 rings (SSSR count). The van der Waals surface area contributed by atoms with Crippen molar-refractivity contribution in [2.45, 2.75) is 13.3 Å². The third-order valence-electron chi connectivity index (χ3n) is 1.56. The van der Waals surface area contributed by atoms with Crippen LogP contribution in [0.2, 0.25) is 0 Å². The van der Waals surface area contributed by atoms with Crippen LogP contribution in [-0.4, -0.2) is 21.8 Å². The Balaban J connectivity index is 0.00000196. The second-order valence-corrected chi connectivity index (χ2v) is 2.57. The second-order valence-electron chi connectivity index (χ2n) is 2.57. The third-order valence-corrected chi connectivity index (χ3v) is 1.56. The average Bonchev–Trinajstić information content (AvgIpc) is 2.20. The Morgan fingerprint density at radius 1 is 1.67 bits per heavy atom. The molecule has 1 aromatic rings. The van der Waals surface area contributed by atoms with Gasteiger partial charge in [-0.3, -0.25) is 10.4 Å². The van der Waals surface area contributed by atoms with Crippen LogP contribution < -0.4 is 5.43 Å². The number of carboxylic acid groups (broad SMARTS) is 1. The summed E-state index contributed by atoms with van der Waals surface area (Å²) in [7, 11) is 0. The molecule has 0 unspecified atom stereocenters. The molecule has 0 aliphatic rings. The molecule has 1 heterocycles. The summed E-state index contributed by atoms with van der Waals surface area (Å²) in [5, 5.41) is 12.4. The molecule has 6 heteroatoms. The molecule has 0 amide bonds. The summed E-state index contributed by atoms with van der Waals surface area (Å²) in [6.45, 7) is 1.73. The number of halogens is 1. The number of carbonyl (C=O) groups is 1. The van der Waals surface area contributed by atoms with Gasteiger partial charge in [-0.15, -0.1) is 12.4 Å². The lowest BCUT2D eigenvalue weighted by molar-refractivity contribution is -0.129. The highest BCUT2D eigenvalue weighted by atomic mass is 35.5. The summed E-state index contributed by atoms with van der Waals surface area (Å²) in [5.74, 6) is -1.01. The maximum atomic E-state index is 10.6. The maximum absolute atomic E-state index is 10.6. The summed E-state index contributed by atoms with van der Waals surface area (Å²) in [6.07, 6.45) is 3.58. The van der Waals surface area contributed by atoms with E-state index in [0.717, 1.165) is 0 Å². The fourth-order valence-electron chi connectivity index (χ4n) is 0.839. The van der Waals surface area contributed by atoms with Gasteiger partial charge in [0.05, 0.1) is 11.9 Å². The summed E-state index contributed by atoms with van der Waals surface area (Å²) < 4.78 is 0. The first-order chi connectivity index (χ1) is 6.74. The van der Waals surface area contributed by atoms with Crippen LogP contribution in [0.4, 0.5) is 5.69 Å². The number of nitrogens with one attached hydrogen (secondary N) is 1. The van der Waals surface area contributed by atoms with Crippen LogP contribution in [-0.2, 0) is 4.79 Å². The molecule has 5 nitrogen and oxygen atoms in total. The molecule has 0 atom stereocenters. The number of hydrogen-bond donors (Lipinski definition) is 2. The van der Waals surface area contributed by atoms with E-state index >= 15 is 0 Å². The van der Waals surface area contributed by atoms with Crippen molar-refractivity contribution in [2.75, 3.05) is 5.43 Å². The third kappa shape index (κ3) is 4.42. The molecule has 15 heavy (non-hydrogen) atoms. The molecular formula is C9H12ClN3O2. The Kier molecular flexibility index (Phi) is 6.05. The summed E-state index contributed by atoms with van der Waals surface area (Å²) in [6, 6.07) is 3.50. The van der Waals surface area contributed by atoms with Crippen LogP contribution in [0.3, 0.4) is 0 Å². The molecule has 0 aliphatic heterocycles. The molecule has 1 aromatic heterocycles. The van der Waals surface area contributed by atoms with E-state index in [1.807, 2.05) is 0 Å². The zero-order chi connectivity index (χ0) is 10.4. The van der Waals surface area contributed by atoms with Gasteiger partial charge in [0, 0.05) is 6.20 Å². The van der Waals surface area contributed by atoms with Crippen molar-refractivity contribution in [1.82, 2.24) is 4.98 Å². The molecule has 82 valence electrons. The van der Waals surface area contributed by atoms with E-state index in [9.17, 15) is 4.79 Å². The number of anilines is 1. The lowest BCUT2D eigenvalue weighted by atomic mass is 10.3. The predicted octanol–water partition coefficient (Wildman–Crippen LogP) is 1.77. The van der Waals surface area contributed by atoms with E-state index in [4.69, 9.17) is 5.11 Å². The minimum atomic E-state index is -1.01. The van der Waals surface area contributed by atoms with Crippen molar-refractivity contribution in [1.29, 1.82) is 0 Å². The first-order valence-corrected chi connectivity index (χ1v) is 4.20. The molecule has 0 spiro atoms. The highest BCUT2D eigenvalue weighted by Gasteiger charge is 2.05. The fraction of sp³-hybridized carbons (Fsp3) is 0.222. The second kappa shape index (κ2) is 6.78. The highest BCUT2D eigenvalue weighted by Crippen LogP contribution is 2.02. The number of aliphatic carboxylic acids is 1. The van der Waals surface area contributed by atoms with Crippen molar-refractivity contribution in [3.8, 4) is 0 Å². The van der Waals surface area contributed by atoms with Crippen LogP contribution in [0.1, 0.15) is 13.3 Å². The van der Waals surface area contributed by atoms with E-state index in [2.05, 4.69) is 15.5 Å². The quantitative estimate of drug-likeness (QED) is 0.610. The van der Waals surface area contributed by atoms with Crippen LogP contribution in [0.25, 0.3) is 0 Å². The van der Waals surface area contributed by atoms with Crippen LogP contribution in [0, 0.1) is 0 Å². The number of hydrazone groups is 1. The Hall–Kier alpha value is -1.62. The minimum absolute atomic E-state index is 0. The van der Waals surface area contributed by atoms with Crippen molar-refractivity contribution < 1.29 is 9.90 Å². The van der Waals surface area contributed by atoms with Gasteiger partial charge in [-0.05, 0) is 18.6 Å². The SMILES string of the molecule is CC/C(=N\Nc1cccnc1)C(=O)O.Cl. The standard InChI is InChI=1S/C9H11N3O2.ClH/c1-2-8(9(13)14)12-11-7-4-3-5-10-6-7;/h3-6,11H,2H2,1H3,(H,13,14);1H/b12-8+;. The number of aromatic nitrogens is 1. The van der Waals surface area contributed by atoms with Gasteiger partial charge in [-0.2, -0.15) is 5.10 Å². The normalized spacial score (nSPS) is 10.3. The average molecular weight is 230 g/mol. The monoisotopic (exact) mass is 229 g/mol. The van der Waals surface area contributed by atoms with Gasteiger partial charge in [-0.25, -0.2) is 4.79 Å². The smallest absolute Gasteiger partial charge is 0.352 e. The summed E-state index contributed by atoms with van der Waals surface area (Å²) in [5.41, 5.74) is 3.38. The summed E-state index contributed by atoms with van der Waals surface area (Å²) >= 11 is 0. The van der Waals surface area contributed by atoms with Crippen LogP contribution >= 0.6 is 12.4 Å². The molecular weight excluding hydrogens is 218 g/mol. The molecule has 0 fully saturated rings. The van der Waals surface area contributed by atoms with Gasteiger partial charge in [0.25, 0.3) is 0 Å². The topological polar surface area (TPSA) is 74.6 Å². The number of hydrogen-bond acceptors (Lipinski definition) is 4. The lowest BCUT2D eigenvalue weighted by Gasteiger charge is -2.00. The van der Waals surface area contributed by atoms with E-state index < -0.39 is 5.97 Å². The molecule has 0 saturated carbocycles. The molecule has 0 radical (unpaired) electrons. The lowest BCUT2D eigenvalue weighted by Crippen LogP contribution is -2.13. The zero-order valence-electron chi connectivity index (χ0n) is 8.17. The summed E-state index contributed by atoms with van der Waals surface area (Å²) in [4.78, 5) is 14.4. The Morgan fingerprint density at radius 3 is 2.87 bits per heavy atom. The highest BCUT2D eigenvalue weighted by molar-refractivity contribution is 6.35. The largest absolute Gasteiger partial charge is 0.477 e. The Morgan fingerprint density at radius 2 is 2.40 bits per heavy atom. The molecule has 0 aliphatic carbocycles. The van der Waals surface area contributed by atoms with Gasteiger partial charge in [0.2, 0.25) is 0 Å². The van der Waals surface area contributed by atoms with Crippen molar-refractivity contribution in [3.05, 3.63) is 24.5 Å². The maximum Gasteiger partial charge on any atom is 0.352 e. The van der Waals surface area contributed by atoms with Gasteiger partial charge in [0.1, 0.15) is 5.71 Å². The Labute approximate surface area is 93.6 Å². The van der Waals surface area contributed by atoms with Gasteiger partial charge in [-0.1, -0.05) is 6.92 Å². The van der Waals surface area contributed by atoms with Crippen molar-refractivity contribution >= 4 is 29.8 Å². The van der Waals surface area contributed by atoms with Crippen LogP contribution in [0.15, 0.2) is 29.6 Å². The van der Waals surface area contributed by atoms with Crippen molar-refractivity contribution in [3.63, 3.8) is 0 Å². The molecule has 0 bridgehead atoms. The fourth-order valence-corrected chi connectivity index (χ4v) is 0.839. The van der Waals surface area contributed by atoms with E-state index in [1.54, 1.807) is 31.5 Å².